The van der Waals surface area contributed by atoms with E-state index < -0.39 is 0 Å². The van der Waals surface area contributed by atoms with E-state index in [1.807, 2.05) is 10.7 Å². The molecule has 0 saturated heterocycles. The molecule has 7 nitrogen and oxygen atoms in total. The van der Waals surface area contributed by atoms with Gasteiger partial charge in [-0.15, -0.1) is 0 Å². The topological polar surface area (TPSA) is 89.7 Å². The second-order valence-electron chi connectivity index (χ2n) is 9.67. The lowest BCUT2D eigenvalue weighted by Crippen LogP contribution is -2.23. The molecule has 6 rings (SSSR count). The van der Waals surface area contributed by atoms with Gasteiger partial charge in [0.25, 0.3) is 5.56 Å². The standard InChI is InChI=1S/C25H28N6O/c26-12-17-3-1-2-4-21(17)31-22-9-10-27-25(32)23(22)24(29-31)28-20-8-7-18-14-30(13-16-5-6-16)15-19(18)11-20/h7-11,16-17,21H,1-6,13-15H2,(H,27,32)(H,28,29). The zero-order valence-corrected chi connectivity index (χ0v) is 18.2. The number of benzene rings is 1. The first kappa shape index (κ1) is 19.6. The molecule has 32 heavy (non-hydrogen) atoms. The molecule has 3 aromatic rings. The summed E-state index contributed by atoms with van der Waals surface area (Å²) in [6, 6.07) is 10.8. The van der Waals surface area contributed by atoms with Crippen LogP contribution in [0, 0.1) is 23.2 Å². The van der Waals surface area contributed by atoms with Crippen LogP contribution in [0.2, 0.25) is 0 Å². The zero-order chi connectivity index (χ0) is 21.7. The van der Waals surface area contributed by atoms with E-state index in [1.165, 1.54) is 30.5 Å². The van der Waals surface area contributed by atoms with Crippen molar-refractivity contribution in [2.45, 2.75) is 57.7 Å². The van der Waals surface area contributed by atoms with E-state index in [0.29, 0.717) is 11.2 Å². The molecule has 1 aliphatic heterocycles. The zero-order valence-electron chi connectivity index (χ0n) is 18.2. The molecule has 2 N–H and O–H groups in total. The number of nitrogens with one attached hydrogen (secondary N) is 2. The maximum Gasteiger partial charge on any atom is 0.261 e. The monoisotopic (exact) mass is 428 g/mol. The van der Waals surface area contributed by atoms with Gasteiger partial charge in [-0.2, -0.15) is 10.4 Å². The highest BCUT2D eigenvalue weighted by Gasteiger charge is 2.30. The minimum absolute atomic E-state index is 0.00426. The van der Waals surface area contributed by atoms with Crippen LogP contribution >= 0.6 is 0 Å². The van der Waals surface area contributed by atoms with Crippen molar-refractivity contribution < 1.29 is 0 Å². The van der Waals surface area contributed by atoms with E-state index in [9.17, 15) is 10.1 Å². The summed E-state index contributed by atoms with van der Waals surface area (Å²) in [5.74, 6) is 1.38. The Bertz CT molecular complexity index is 1260. The van der Waals surface area contributed by atoms with Gasteiger partial charge in [-0.3, -0.25) is 14.4 Å². The van der Waals surface area contributed by atoms with Gasteiger partial charge in [-0.25, -0.2) is 0 Å². The van der Waals surface area contributed by atoms with Crippen LogP contribution in [0.3, 0.4) is 0 Å². The highest BCUT2D eigenvalue weighted by Crippen LogP contribution is 2.37. The van der Waals surface area contributed by atoms with E-state index in [2.05, 4.69) is 39.5 Å². The van der Waals surface area contributed by atoms with Crippen molar-refractivity contribution >= 4 is 22.4 Å². The highest BCUT2D eigenvalue weighted by molar-refractivity contribution is 5.91. The molecular formula is C25H28N6O. The molecule has 3 heterocycles. The fourth-order valence-corrected chi connectivity index (χ4v) is 5.47. The van der Waals surface area contributed by atoms with Crippen LogP contribution in [-0.4, -0.2) is 26.2 Å². The number of aromatic amines is 1. The molecule has 2 saturated carbocycles. The van der Waals surface area contributed by atoms with Crippen molar-refractivity contribution in [1.29, 1.82) is 5.26 Å². The van der Waals surface area contributed by atoms with Gasteiger partial charge in [-0.05, 0) is 60.9 Å². The fraction of sp³-hybridized carbons (Fsp3) is 0.480. The van der Waals surface area contributed by atoms with Crippen LogP contribution in [0.4, 0.5) is 11.5 Å². The fourth-order valence-electron chi connectivity index (χ4n) is 5.47. The average Bonchev–Trinajstić information content (AvgIpc) is 3.41. The molecule has 0 bridgehead atoms. The summed E-state index contributed by atoms with van der Waals surface area (Å²) in [5, 5.41) is 18.5. The molecule has 164 valence electrons. The van der Waals surface area contributed by atoms with Crippen LogP contribution in [0.5, 0.6) is 0 Å². The second kappa shape index (κ2) is 7.79. The summed E-state index contributed by atoms with van der Waals surface area (Å²) in [4.78, 5) is 18.1. The van der Waals surface area contributed by atoms with Crippen molar-refractivity contribution in [2.24, 2.45) is 11.8 Å². The van der Waals surface area contributed by atoms with Crippen molar-refractivity contribution in [3.05, 3.63) is 51.9 Å². The average molecular weight is 429 g/mol. The molecule has 0 spiro atoms. The second-order valence-corrected chi connectivity index (χ2v) is 9.67. The molecule has 2 aromatic heterocycles. The van der Waals surface area contributed by atoms with Crippen molar-refractivity contribution in [1.82, 2.24) is 19.7 Å². The molecular weight excluding hydrogens is 400 g/mol. The molecule has 1 aromatic carbocycles. The van der Waals surface area contributed by atoms with E-state index in [-0.39, 0.29) is 17.5 Å². The van der Waals surface area contributed by atoms with Gasteiger partial charge < -0.3 is 10.3 Å². The quantitative estimate of drug-likeness (QED) is 0.627. The summed E-state index contributed by atoms with van der Waals surface area (Å²) in [7, 11) is 0. The minimum Gasteiger partial charge on any atom is -0.338 e. The van der Waals surface area contributed by atoms with E-state index >= 15 is 0 Å². The summed E-state index contributed by atoms with van der Waals surface area (Å²) >= 11 is 0. The van der Waals surface area contributed by atoms with Crippen molar-refractivity contribution in [3.63, 3.8) is 0 Å². The molecule has 2 fully saturated rings. The van der Waals surface area contributed by atoms with E-state index in [1.54, 1.807) is 6.20 Å². The lowest BCUT2D eigenvalue weighted by atomic mass is 9.85. The first-order valence-corrected chi connectivity index (χ1v) is 11.8. The third-order valence-corrected chi connectivity index (χ3v) is 7.31. The Labute approximate surface area is 187 Å². The number of pyridine rings is 1. The maximum atomic E-state index is 12.8. The van der Waals surface area contributed by atoms with Crippen LogP contribution in [0.15, 0.2) is 35.3 Å². The third-order valence-electron chi connectivity index (χ3n) is 7.31. The number of nitriles is 1. The third kappa shape index (κ3) is 3.49. The lowest BCUT2D eigenvalue weighted by molar-refractivity contribution is 0.272. The van der Waals surface area contributed by atoms with Gasteiger partial charge in [0, 0.05) is 31.5 Å². The summed E-state index contributed by atoms with van der Waals surface area (Å²) < 4.78 is 1.92. The predicted molar refractivity (Wildman–Crippen MR) is 124 cm³/mol. The highest BCUT2D eigenvalue weighted by atomic mass is 16.1. The Morgan fingerprint density at radius 2 is 1.97 bits per heavy atom. The molecule has 3 aliphatic rings. The maximum absolute atomic E-state index is 12.8. The number of anilines is 2. The van der Waals surface area contributed by atoms with Crippen molar-refractivity contribution in [3.8, 4) is 6.07 Å². The number of nitrogens with zero attached hydrogens (tertiary/aromatic N) is 4. The van der Waals surface area contributed by atoms with Gasteiger partial charge in [0.2, 0.25) is 0 Å². The van der Waals surface area contributed by atoms with Crippen LogP contribution < -0.4 is 10.9 Å². The number of hydrogen-bond acceptors (Lipinski definition) is 5. The van der Waals surface area contributed by atoms with Crippen LogP contribution in [-0.2, 0) is 13.1 Å². The normalized spacial score (nSPS) is 23.2. The Morgan fingerprint density at radius 3 is 2.81 bits per heavy atom. The van der Waals surface area contributed by atoms with E-state index in [0.717, 1.165) is 55.9 Å². The van der Waals surface area contributed by atoms with Gasteiger partial charge in [0.05, 0.1) is 23.5 Å². The number of H-pyrrole nitrogens is 1. The molecule has 2 aliphatic carbocycles. The van der Waals surface area contributed by atoms with Gasteiger partial charge in [0.15, 0.2) is 5.82 Å². The largest absolute Gasteiger partial charge is 0.338 e. The Morgan fingerprint density at radius 1 is 1.12 bits per heavy atom. The van der Waals surface area contributed by atoms with Crippen LogP contribution in [0.1, 0.15) is 55.7 Å². The molecule has 2 atom stereocenters. The molecule has 2 unspecified atom stereocenters. The minimum atomic E-state index is -0.155. The number of aromatic nitrogens is 3. The Hall–Kier alpha value is -3.11. The summed E-state index contributed by atoms with van der Waals surface area (Å²) in [6.07, 6.45) is 8.37. The molecule has 7 heteroatoms. The SMILES string of the molecule is N#CC1CCCCC1n1nc(Nc2ccc3c(c2)CN(CC2CC2)C3)c2c(=O)[nH]ccc21. The smallest absolute Gasteiger partial charge is 0.261 e. The number of fused-ring (bicyclic) bond motifs is 2. The van der Waals surface area contributed by atoms with E-state index in [4.69, 9.17) is 5.10 Å². The van der Waals surface area contributed by atoms with Gasteiger partial charge in [-0.1, -0.05) is 18.9 Å². The molecule has 0 amide bonds. The lowest BCUT2D eigenvalue weighted by Gasteiger charge is -2.27. The summed E-state index contributed by atoms with van der Waals surface area (Å²) in [6.45, 7) is 3.22. The molecule has 0 radical (unpaired) electrons. The Kier molecular flexibility index (Phi) is 4.76. The number of rotatable bonds is 5. The summed E-state index contributed by atoms with van der Waals surface area (Å²) in [5.41, 5.74) is 4.33. The van der Waals surface area contributed by atoms with Gasteiger partial charge in [0.1, 0.15) is 5.39 Å². The Balaban J connectivity index is 1.33. The van der Waals surface area contributed by atoms with Gasteiger partial charge >= 0.3 is 0 Å². The predicted octanol–water partition coefficient (Wildman–Crippen LogP) is 4.45. The number of hydrogen-bond donors (Lipinski definition) is 2. The first-order valence-electron chi connectivity index (χ1n) is 11.8. The first-order chi connectivity index (χ1) is 15.7. The van der Waals surface area contributed by atoms with Crippen LogP contribution in [0.25, 0.3) is 10.9 Å². The van der Waals surface area contributed by atoms with Crippen molar-refractivity contribution in [2.75, 3.05) is 11.9 Å².